The van der Waals surface area contributed by atoms with Crippen LogP contribution >= 0.6 is 0 Å². The molecule has 1 aliphatic rings. The quantitative estimate of drug-likeness (QED) is 0.389. The van der Waals surface area contributed by atoms with Gasteiger partial charge < -0.3 is 10.1 Å². The van der Waals surface area contributed by atoms with Crippen LogP contribution in [-0.2, 0) is 14.3 Å². The van der Waals surface area contributed by atoms with Crippen molar-refractivity contribution in [2.45, 2.75) is 5.92 Å². The number of dihydropyridines is 1. The van der Waals surface area contributed by atoms with E-state index in [1.807, 2.05) is 0 Å². The van der Waals surface area contributed by atoms with E-state index in [1.54, 1.807) is 12.1 Å². The Kier molecular flexibility index (Phi) is 4.13. The van der Waals surface area contributed by atoms with Crippen molar-refractivity contribution in [3.05, 3.63) is 63.5 Å². The van der Waals surface area contributed by atoms with E-state index in [1.165, 1.54) is 31.5 Å². The summed E-state index contributed by atoms with van der Waals surface area (Å²) in [6.07, 6.45) is 3.70. The third kappa shape index (κ3) is 2.81. The molecular formula is C14H12N2O5. The lowest BCUT2D eigenvalue weighted by Gasteiger charge is -2.21. The highest BCUT2D eigenvalue weighted by atomic mass is 16.6. The minimum absolute atomic E-state index is 0.0338. The molecular weight excluding hydrogens is 276 g/mol. The van der Waals surface area contributed by atoms with E-state index < -0.39 is 16.8 Å². The van der Waals surface area contributed by atoms with E-state index in [4.69, 9.17) is 0 Å². The molecule has 0 fully saturated rings. The van der Waals surface area contributed by atoms with Crippen LogP contribution in [0.5, 0.6) is 0 Å². The number of nitro benzene ring substituents is 1. The fourth-order valence-corrected chi connectivity index (χ4v) is 2.10. The van der Waals surface area contributed by atoms with E-state index in [9.17, 15) is 19.7 Å². The predicted molar refractivity (Wildman–Crippen MR) is 73.2 cm³/mol. The fourth-order valence-electron chi connectivity index (χ4n) is 2.10. The second kappa shape index (κ2) is 6.00. The number of methoxy groups -OCH3 is 1. The maximum Gasteiger partial charge on any atom is 0.354 e. The number of non-ortho nitro benzene ring substituents is 1. The van der Waals surface area contributed by atoms with Gasteiger partial charge in [0.25, 0.3) is 5.69 Å². The number of aldehydes is 1. The Hall–Kier alpha value is -2.96. The molecule has 1 atom stereocenters. The van der Waals surface area contributed by atoms with Gasteiger partial charge in [-0.15, -0.1) is 0 Å². The first-order valence-electron chi connectivity index (χ1n) is 6.03. The molecule has 108 valence electrons. The monoisotopic (exact) mass is 288 g/mol. The van der Waals surface area contributed by atoms with E-state index in [2.05, 4.69) is 10.1 Å². The SMILES string of the molecule is COC(=O)C1=C(C=O)C(c2cccc([N+](=O)[O-])c2)C=CN1. The second-order valence-electron chi connectivity index (χ2n) is 4.27. The topological polar surface area (TPSA) is 98.5 Å². The Bertz CT molecular complexity index is 663. The molecule has 0 aliphatic carbocycles. The molecule has 0 spiro atoms. The van der Waals surface area contributed by atoms with Gasteiger partial charge in [0, 0.05) is 23.6 Å². The minimum Gasteiger partial charge on any atom is -0.464 e. The second-order valence-corrected chi connectivity index (χ2v) is 4.27. The van der Waals surface area contributed by atoms with E-state index in [-0.39, 0.29) is 17.0 Å². The summed E-state index contributed by atoms with van der Waals surface area (Å²) in [5.74, 6) is -1.21. The zero-order chi connectivity index (χ0) is 15.4. The van der Waals surface area contributed by atoms with Gasteiger partial charge in [0.05, 0.1) is 12.0 Å². The number of allylic oxidation sites excluding steroid dienone is 2. The van der Waals surface area contributed by atoms with Gasteiger partial charge in [-0.3, -0.25) is 14.9 Å². The van der Waals surface area contributed by atoms with Crippen molar-refractivity contribution < 1.29 is 19.2 Å². The summed E-state index contributed by atoms with van der Waals surface area (Å²) in [7, 11) is 1.21. The molecule has 0 amide bonds. The van der Waals surface area contributed by atoms with Crippen LogP contribution in [0.4, 0.5) is 5.69 Å². The third-order valence-electron chi connectivity index (χ3n) is 3.10. The number of hydrogen-bond donors (Lipinski definition) is 1. The highest BCUT2D eigenvalue weighted by molar-refractivity contribution is 5.96. The van der Waals surface area contributed by atoms with Gasteiger partial charge in [0.2, 0.25) is 0 Å². The molecule has 0 radical (unpaired) electrons. The van der Waals surface area contributed by atoms with Crippen LogP contribution in [0, 0.1) is 10.1 Å². The van der Waals surface area contributed by atoms with Gasteiger partial charge >= 0.3 is 5.97 Å². The lowest BCUT2D eigenvalue weighted by atomic mass is 9.88. The van der Waals surface area contributed by atoms with Crippen molar-refractivity contribution in [2.75, 3.05) is 7.11 Å². The lowest BCUT2D eigenvalue weighted by Crippen LogP contribution is -2.25. The zero-order valence-electron chi connectivity index (χ0n) is 11.1. The molecule has 1 aliphatic heterocycles. The summed E-state index contributed by atoms with van der Waals surface area (Å²) in [4.78, 5) is 33.3. The highest BCUT2D eigenvalue weighted by Gasteiger charge is 2.26. The Balaban J connectivity index is 2.49. The number of carbonyl (C=O) groups is 2. The van der Waals surface area contributed by atoms with Crippen molar-refractivity contribution in [1.82, 2.24) is 5.32 Å². The number of hydrogen-bond acceptors (Lipinski definition) is 6. The smallest absolute Gasteiger partial charge is 0.354 e. The molecule has 1 heterocycles. The third-order valence-corrected chi connectivity index (χ3v) is 3.10. The normalized spacial score (nSPS) is 17.1. The molecule has 0 bridgehead atoms. The number of ether oxygens (including phenoxy) is 1. The van der Waals surface area contributed by atoms with Crippen LogP contribution in [0.25, 0.3) is 0 Å². The Morgan fingerprint density at radius 2 is 2.24 bits per heavy atom. The molecule has 7 heteroatoms. The van der Waals surface area contributed by atoms with Crippen LogP contribution in [0.1, 0.15) is 11.5 Å². The van der Waals surface area contributed by atoms with Crippen molar-refractivity contribution in [3.63, 3.8) is 0 Å². The van der Waals surface area contributed by atoms with Gasteiger partial charge in [-0.25, -0.2) is 4.79 Å². The summed E-state index contributed by atoms with van der Waals surface area (Å²) in [5, 5.41) is 13.5. The molecule has 2 rings (SSSR count). The van der Waals surface area contributed by atoms with Crippen LogP contribution in [0.2, 0.25) is 0 Å². The first-order valence-corrected chi connectivity index (χ1v) is 6.03. The first kappa shape index (κ1) is 14.4. The molecule has 1 aromatic carbocycles. The molecule has 7 nitrogen and oxygen atoms in total. The summed E-state index contributed by atoms with van der Waals surface area (Å²) >= 11 is 0. The van der Waals surface area contributed by atoms with E-state index in [0.29, 0.717) is 11.8 Å². The highest BCUT2D eigenvalue weighted by Crippen LogP contribution is 2.31. The van der Waals surface area contributed by atoms with Crippen LogP contribution < -0.4 is 5.32 Å². The van der Waals surface area contributed by atoms with Crippen molar-refractivity contribution in [1.29, 1.82) is 0 Å². The maximum absolute atomic E-state index is 11.6. The van der Waals surface area contributed by atoms with Crippen molar-refractivity contribution in [2.24, 2.45) is 0 Å². The largest absolute Gasteiger partial charge is 0.464 e. The fraction of sp³-hybridized carbons (Fsp3) is 0.143. The molecule has 0 saturated carbocycles. The van der Waals surface area contributed by atoms with Crippen LogP contribution in [0.15, 0.2) is 47.8 Å². The number of carbonyl (C=O) groups excluding carboxylic acids is 2. The average molecular weight is 288 g/mol. The van der Waals surface area contributed by atoms with Gasteiger partial charge in [0.15, 0.2) is 0 Å². The molecule has 0 saturated heterocycles. The van der Waals surface area contributed by atoms with E-state index >= 15 is 0 Å². The van der Waals surface area contributed by atoms with Gasteiger partial charge in [-0.05, 0) is 11.8 Å². The zero-order valence-corrected chi connectivity index (χ0v) is 11.1. The Labute approximate surface area is 120 Å². The number of nitrogens with one attached hydrogen (secondary N) is 1. The number of benzene rings is 1. The maximum atomic E-state index is 11.6. The first-order chi connectivity index (χ1) is 10.1. The average Bonchev–Trinajstić information content (AvgIpc) is 2.53. The number of rotatable bonds is 4. The molecule has 1 unspecified atom stereocenters. The minimum atomic E-state index is -0.670. The van der Waals surface area contributed by atoms with Crippen LogP contribution in [0.3, 0.4) is 0 Å². The van der Waals surface area contributed by atoms with E-state index in [0.717, 1.165) is 0 Å². The summed E-state index contributed by atoms with van der Waals surface area (Å²) in [6.45, 7) is 0. The molecule has 1 aromatic rings. The summed E-state index contributed by atoms with van der Waals surface area (Å²) in [5.41, 5.74) is 0.672. The number of esters is 1. The summed E-state index contributed by atoms with van der Waals surface area (Å²) < 4.78 is 4.61. The molecule has 0 aromatic heterocycles. The van der Waals surface area contributed by atoms with Gasteiger partial charge in [0.1, 0.15) is 12.0 Å². The number of nitrogens with zero attached hydrogens (tertiary/aromatic N) is 1. The predicted octanol–water partition coefficient (Wildman–Crippen LogP) is 1.42. The number of nitro groups is 1. The Morgan fingerprint density at radius 3 is 2.86 bits per heavy atom. The molecule has 21 heavy (non-hydrogen) atoms. The summed E-state index contributed by atoms with van der Waals surface area (Å²) in [6, 6.07) is 5.92. The van der Waals surface area contributed by atoms with Gasteiger partial charge in [-0.2, -0.15) is 0 Å². The van der Waals surface area contributed by atoms with Crippen LogP contribution in [-0.4, -0.2) is 24.3 Å². The van der Waals surface area contributed by atoms with Crippen molar-refractivity contribution >= 4 is 17.9 Å². The molecule has 1 N–H and O–H groups in total. The standard InChI is InChI=1S/C14H12N2O5/c1-21-14(18)13-12(8-17)11(5-6-15-13)9-3-2-4-10(7-9)16(19)20/h2-8,11,15H,1H3. The Morgan fingerprint density at radius 1 is 1.48 bits per heavy atom. The van der Waals surface area contributed by atoms with Crippen molar-refractivity contribution in [3.8, 4) is 0 Å². The lowest BCUT2D eigenvalue weighted by molar-refractivity contribution is -0.384. The van der Waals surface area contributed by atoms with Gasteiger partial charge in [-0.1, -0.05) is 18.2 Å².